The van der Waals surface area contributed by atoms with Gasteiger partial charge in [0, 0.05) is 13.1 Å². The van der Waals surface area contributed by atoms with Gasteiger partial charge in [0.2, 0.25) is 11.8 Å². The number of nitrogens with zero attached hydrogens (tertiary/aromatic N) is 1. The van der Waals surface area contributed by atoms with Crippen LogP contribution in [0.5, 0.6) is 0 Å². The Morgan fingerprint density at radius 2 is 1.66 bits per heavy atom. The first kappa shape index (κ1) is 27.5. The predicted molar refractivity (Wildman–Crippen MR) is 127 cm³/mol. The fraction of sp³-hybridized carbons (Fsp3) is 0.640. The largest absolute Gasteiger partial charge is 0.444 e. The molecule has 7 nitrogen and oxygen atoms in total. The molecule has 0 fully saturated rings. The second-order valence-corrected chi connectivity index (χ2v) is 9.25. The van der Waals surface area contributed by atoms with Gasteiger partial charge in [-0.3, -0.25) is 9.59 Å². The fourth-order valence-electron chi connectivity index (χ4n) is 3.57. The van der Waals surface area contributed by atoms with E-state index in [1.807, 2.05) is 39.0 Å². The summed E-state index contributed by atoms with van der Waals surface area (Å²) in [6.45, 7) is 15.8. The summed E-state index contributed by atoms with van der Waals surface area (Å²) in [5.74, 6) is -0.530. The molecule has 0 spiro atoms. The Hall–Kier alpha value is -2.57. The Kier molecular flexibility index (Phi) is 10.7. The summed E-state index contributed by atoms with van der Waals surface area (Å²) < 4.78 is 5.29. The maximum absolute atomic E-state index is 13.5. The number of aryl methyl sites for hydroxylation is 2. The molecule has 0 aliphatic heterocycles. The van der Waals surface area contributed by atoms with Crippen molar-refractivity contribution in [2.24, 2.45) is 0 Å². The summed E-state index contributed by atoms with van der Waals surface area (Å²) >= 11 is 0. The lowest BCUT2D eigenvalue weighted by Crippen LogP contribution is -2.52. The van der Waals surface area contributed by atoms with Crippen LogP contribution in [0.25, 0.3) is 0 Å². The monoisotopic (exact) mass is 447 g/mol. The first-order valence-electron chi connectivity index (χ1n) is 11.6. The molecule has 0 saturated carbocycles. The Labute approximate surface area is 193 Å². The van der Waals surface area contributed by atoms with Gasteiger partial charge < -0.3 is 20.3 Å². The van der Waals surface area contributed by atoms with Crippen LogP contribution in [0.2, 0.25) is 0 Å². The van der Waals surface area contributed by atoms with Gasteiger partial charge in [-0.15, -0.1) is 0 Å². The van der Waals surface area contributed by atoms with Gasteiger partial charge in [-0.25, -0.2) is 4.79 Å². The van der Waals surface area contributed by atoms with E-state index in [1.54, 1.807) is 32.6 Å². The molecular formula is C25H41N3O4. The van der Waals surface area contributed by atoms with Crippen molar-refractivity contribution < 1.29 is 19.1 Å². The zero-order valence-corrected chi connectivity index (χ0v) is 21.0. The Morgan fingerprint density at radius 3 is 2.16 bits per heavy atom. The Bertz CT molecular complexity index is 766. The molecule has 1 aromatic rings. The minimum Gasteiger partial charge on any atom is -0.444 e. The number of carbonyl (C=O) groups excluding carboxylic acids is 3. The number of benzene rings is 1. The lowest BCUT2D eigenvalue weighted by Gasteiger charge is -2.35. The number of amides is 3. The fourth-order valence-corrected chi connectivity index (χ4v) is 3.57. The van der Waals surface area contributed by atoms with Crippen LogP contribution in [0.3, 0.4) is 0 Å². The highest BCUT2D eigenvalue weighted by Crippen LogP contribution is 2.28. The van der Waals surface area contributed by atoms with Crippen LogP contribution in [0.15, 0.2) is 18.2 Å². The van der Waals surface area contributed by atoms with Gasteiger partial charge in [0.1, 0.15) is 17.7 Å². The van der Waals surface area contributed by atoms with Gasteiger partial charge in [-0.05, 0) is 71.1 Å². The third-order valence-corrected chi connectivity index (χ3v) is 5.06. The van der Waals surface area contributed by atoms with Gasteiger partial charge in [0.05, 0.1) is 0 Å². The Morgan fingerprint density at radius 1 is 1.06 bits per heavy atom. The summed E-state index contributed by atoms with van der Waals surface area (Å²) in [7, 11) is 0. The molecule has 0 aromatic heterocycles. The number of rotatable bonds is 10. The van der Waals surface area contributed by atoms with Crippen LogP contribution in [-0.2, 0) is 14.3 Å². The van der Waals surface area contributed by atoms with Crippen LogP contribution in [0.4, 0.5) is 4.79 Å². The topological polar surface area (TPSA) is 87.7 Å². The number of unbranched alkanes of at least 4 members (excludes halogenated alkanes) is 1. The van der Waals surface area contributed by atoms with E-state index in [0.717, 1.165) is 29.5 Å². The third kappa shape index (κ3) is 8.17. The molecule has 0 aliphatic carbocycles. The summed E-state index contributed by atoms with van der Waals surface area (Å²) in [4.78, 5) is 40.6. The minimum absolute atomic E-state index is 0.206. The second-order valence-electron chi connectivity index (χ2n) is 9.25. The summed E-state index contributed by atoms with van der Waals surface area (Å²) in [5, 5.41) is 5.61. The summed E-state index contributed by atoms with van der Waals surface area (Å²) in [6, 6.07) is 4.23. The number of hydrogen-bond acceptors (Lipinski definition) is 4. The van der Waals surface area contributed by atoms with Gasteiger partial charge in [0.25, 0.3) is 0 Å². The smallest absolute Gasteiger partial charge is 0.408 e. The zero-order valence-electron chi connectivity index (χ0n) is 21.0. The average Bonchev–Trinajstić information content (AvgIpc) is 2.67. The number of hydrogen-bond donors (Lipinski definition) is 2. The molecule has 0 bridgehead atoms. The van der Waals surface area contributed by atoms with E-state index in [4.69, 9.17) is 4.74 Å². The molecular weight excluding hydrogens is 406 g/mol. The van der Waals surface area contributed by atoms with Crippen LogP contribution >= 0.6 is 0 Å². The molecule has 2 atom stereocenters. The zero-order chi connectivity index (χ0) is 24.5. The standard InChI is InChI=1S/C25H41N3O4/c1-9-11-15-26-22(29)21(20-17(3)13-12-14-18(20)4)28(16-10-2)23(30)19(5)27-24(31)32-25(6,7)8/h12-14,19,21H,9-11,15-16H2,1-8H3,(H,26,29)(H,27,31). The maximum atomic E-state index is 13.5. The Balaban J connectivity index is 3.30. The molecule has 32 heavy (non-hydrogen) atoms. The van der Waals surface area contributed by atoms with E-state index in [-0.39, 0.29) is 11.8 Å². The van der Waals surface area contributed by atoms with Gasteiger partial charge in [0.15, 0.2) is 0 Å². The van der Waals surface area contributed by atoms with E-state index in [9.17, 15) is 14.4 Å². The first-order chi connectivity index (χ1) is 14.9. The van der Waals surface area contributed by atoms with Gasteiger partial charge >= 0.3 is 6.09 Å². The highest BCUT2D eigenvalue weighted by atomic mass is 16.6. The van der Waals surface area contributed by atoms with Crippen molar-refractivity contribution in [1.29, 1.82) is 0 Å². The number of nitrogens with one attached hydrogen (secondary N) is 2. The van der Waals surface area contributed by atoms with E-state index in [2.05, 4.69) is 17.6 Å². The molecule has 0 radical (unpaired) electrons. The highest BCUT2D eigenvalue weighted by molar-refractivity contribution is 5.92. The molecule has 0 saturated heterocycles. The minimum atomic E-state index is -0.841. The molecule has 1 aromatic carbocycles. The summed E-state index contributed by atoms with van der Waals surface area (Å²) in [6.07, 6.45) is 1.84. The quantitative estimate of drug-likeness (QED) is 0.520. The van der Waals surface area contributed by atoms with Crippen LogP contribution < -0.4 is 10.6 Å². The summed E-state index contributed by atoms with van der Waals surface area (Å²) in [5.41, 5.74) is 2.05. The van der Waals surface area contributed by atoms with Crippen LogP contribution in [0.1, 0.15) is 83.5 Å². The number of ether oxygens (including phenoxy) is 1. The second kappa shape index (κ2) is 12.5. The average molecular weight is 448 g/mol. The van der Waals surface area contributed by atoms with Crippen LogP contribution in [0, 0.1) is 13.8 Å². The molecule has 7 heteroatoms. The SMILES string of the molecule is CCCCNC(=O)C(c1c(C)cccc1C)N(CCC)C(=O)C(C)NC(=O)OC(C)(C)C. The number of alkyl carbamates (subject to hydrolysis) is 1. The van der Waals surface area contributed by atoms with E-state index in [1.165, 1.54) is 0 Å². The molecule has 2 N–H and O–H groups in total. The molecule has 0 aliphatic rings. The molecule has 0 heterocycles. The van der Waals surface area contributed by atoms with Crippen molar-refractivity contribution in [2.75, 3.05) is 13.1 Å². The van der Waals surface area contributed by atoms with E-state index < -0.39 is 23.8 Å². The van der Waals surface area contributed by atoms with Crippen LogP contribution in [-0.4, -0.2) is 47.5 Å². The molecule has 2 unspecified atom stereocenters. The van der Waals surface area contributed by atoms with Gasteiger partial charge in [-0.1, -0.05) is 38.5 Å². The van der Waals surface area contributed by atoms with Crippen molar-refractivity contribution in [3.63, 3.8) is 0 Å². The third-order valence-electron chi connectivity index (χ3n) is 5.06. The van der Waals surface area contributed by atoms with Crippen molar-refractivity contribution in [2.45, 2.75) is 92.3 Å². The van der Waals surface area contributed by atoms with Crippen molar-refractivity contribution >= 4 is 17.9 Å². The van der Waals surface area contributed by atoms with E-state index in [0.29, 0.717) is 19.5 Å². The normalized spacial score (nSPS) is 13.1. The highest BCUT2D eigenvalue weighted by Gasteiger charge is 2.35. The van der Waals surface area contributed by atoms with Crippen molar-refractivity contribution in [1.82, 2.24) is 15.5 Å². The van der Waals surface area contributed by atoms with Gasteiger partial charge in [-0.2, -0.15) is 0 Å². The lowest BCUT2D eigenvalue weighted by atomic mass is 9.93. The lowest BCUT2D eigenvalue weighted by molar-refractivity contribution is -0.142. The van der Waals surface area contributed by atoms with Crippen molar-refractivity contribution in [3.05, 3.63) is 34.9 Å². The first-order valence-corrected chi connectivity index (χ1v) is 11.6. The van der Waals surface area contributed by atoms with Crippen molar-refractivity contribution in [3.8, 4) is 0 Å². The molecule has 3 amide bonds. The maximum Gasteiger partial charge on any atom is 0.408 e. The number of carbonyl (C=O) groups is 3. The predicted octanol–water partition coefficient (Wildman–Crippen LogP) is 4.41. The molecule has 180 valence electrons. The molecule has 1 rings (SSSR count). The van der Waals surface area contributed by atoms with E-state index >= 15 is 0 Å².